The molecule has 1 aliphatic carbocycles. The van der Waals surface area contributed by atoms with E-state index in [-0.39, 0.29) is 30.6 Å². The van der Waals surface area contributed by atoms with Gasteiger partial charge in [0.15, 0.2) is 5.67 Å². The molecule has 2 unspecified atom stereocenters. The lowest BCUT2D eigenvalue weighted by molar-refractivity contribution is -0.117. The summed E-state index contributed by atoms with van der Waals surface area (Å²) in [6.45, 7) is 0.836. The number of anilines is 2. The molecule has 1 saturated carbocycles. The van der Waals surface area contributed by atoms with Crippen LogP contribution in [0, 0.1) is 17.2 Å². The topological polar surface area (TPSA) is 86.8 Å². The van der Waals surface area contributed by atoms with E-state index >= 15 is 0 Å². The van der Waals surface area contributed by atoms with E-state index in [4.69, 9.17) is 16.9 Å². The molecule has 9 heteroatoms. The van der Waals surface area contributed by atoms with E-state index in [2.05, 4.69) is 15.4 Å². The van der Waals surface area contributed by atoms with E-state index in [1.54, 1.807) is 16.9 Å². The van der Waals surface area contributed by atoms with Crippen LogP contribution in [0.15, 0.2) is 36.8 Å². The Bertz CT molecular complexity index is 1240. The van der Waals surface area contributed by atoms with Crippen LogP contribution in [0.2, 0.25) is 5.02 Å². The minimum absolute atomic E-state index is 0.0493. The second-order valence-electron chi connectivity index (χ2n) is 8.67. The fourth-order valence-corrected chi connectivity index (χ4v) is 4.67. The minimum atomic E-state index is -1.77. The van der Waals surface area contributed by atoms with Crippen LogP contribution < -0.4 is 10.2 Å². The summed E-state index contributed by atoms with van der Waals surface area (Å²) in [7, 11) is 1.86. The minimum Gasteiger partial charge on any atom is -0.370 e. The zero-order valence-corrected chi connectivity index (χ0v) is 18.3. The zero-order chi connectivity index (χ0) is 22.5. The Balaban J connectivity index is 1.32. The number of aromatic nitrogens is 3. The largest absolute Gasteiger partial charge is 0.370 e. The molecule has 1 amide bonds. The van der Waals surface area contributed by atoms with E-state index in [9.17, 15) is 9.18 Å². The van der Waals surface area contributed by atoms with Gasteiger partial charge >= 0.3 is 0 Å². The first-order chi connectivity index (χ1) is 15.3. The molecule has 164 valence electrons. The van der Waals surface area contributed by atoms with Crippen molar-refractivity contribution in [1.82, 2.24) is 14.8 Å². The number of pyridine rings is 1. The normalized spacial score (nSPS) is 21.9. The molecule has 0 bridgehead atoms. The number of nitrogens with zero attached hydrogens (tertiary/aromatic N) is 5. The van der Waals surface area contributed by atoms with Gasteiger partial charge in [0.25, 0.3) is 0 Å². The Morgan fingerprint density at radius 2 is 2.06 bits per heavy atom. The van der Waals surface area contributed by atoms with E-state index in [0.717, 1.165) is 28.4 Å². The molecule has 32 heavy (non-hydrogen) atoms. The van der Waals surface area contributed by atoms with Crippen LogP contribution in [0.1, 0.15) is 30.7 Å². The third kappa shape index (κ3) is 3.89. The molecule has 2 atom stereocenters. The number of piperidine rings is 1. The summed E-state index contributed by atoms with van der Waals surface area (Å²) in [5.41, 5.74) is 0.104. The van der Waals surface area contributed by atoms with Gasteiger partial charge in [-0.2, -0.15) is 10.4 Å². The van der Waals surface area contributed by atoms with Crippen LogP contribution in [0.5, 0.6) is 0 Å². The molecule has 2 aliphatic rings. The Morgan fingerprint density at radius 1 is 1.28 bits per heavy atom. The summed E-state index contributed by atoms with van der Waals surface area (Å²) in [6, 6.07) is 7.36. The number of alkyl halides is 1. The number of hydrogen-bond donors (Lipinski definition) is 1. The van der Waals surface area contributed by atoms with Crippen LogP contribution in [-0.4, -0.2) is 39.4 Å². The lowest BCUT2D eigenvalue weighted by Gasteiger charge is -2.34. The molecule has 3 heterocycles. The van der Waals surface area contributed by atoms with Crippen LogP contribution in [0.4, 0.5) is 15.9 Å². The van der Waals surface area contributed by atoms with E-state index in [1.165, 1.54) is 0 Å². The highest BCUT2D eigenvalue weighted by Gasteiger charge is 2.44. The number of aryl methyl sites for hydroxylation is 1. The number of hydrogen-bond acceptors (Lipinski definition) is 5. The van der Waals surface area contributed by atoms with Gasteiger partial charge in [-0.1, -0.05) is 11.6 Å². The van der Waals surface area contributed by atoms with E-state index in [0.29, 0.717) is 23.9 Å². The number of fused-ring (bicyclic) bond motifs is 1. The zero-order valence-electron chi connectivity index (χ0n) is 17.6. The summed E-state index contributed by atoms with van der Waals surface area (Å²) in [6.07, 6.45) is 6.54. The van der Waals surface area contributed by atoms with Crippen molar-refractivity contribution in [2.75, 3.05) is 23.3 Å². The second kappa shape index (κ2) is 7.75. The quantitative estimate of drug-likeness (QED) is 0.641. The maximum Gasteiger partial charge on any atom is 0.229 e. The van der Waals surface area contributed by atoms with Crippen molar-refractivity contribution in [2.45, 2.75) is 30.8 Å². The predicted molar refractivity (Wildman–Crippen MR) is 120 cm³/mol. The van der Waals surface area contributed by atoms with Gasteiger partial charge in [-0.3, -0.25) is 9.48 Å². The van der Waals surface area contributed by atoms with E-state index < -0.39 is 5.67 Å². The van der Waals surface area contributed by atoms with Gasteiger partial charge in [0.05, 0.1) is 16.9 Å². The average molecular weight is 453 g/mol. The molecule has 3 aromatic rings. The standard InChI is InChI=1S/C23H22ClFN6O/c1-30-12-16(11-28-30)17-9-18(17)22(32)29-21-8-14-7-20(19(24)6-15(14)10-27-21)31-4-2-23(25,13-26)3-5-31/h6-8,10-12,17-18H,2-5,9H2,1H3,(H,27,29,32). The number of nitriles is 1. The molecule has 2 fully saturated rings. The maximum absolute atomic E-state index is 14.3. The number of carbonyl (C=O) groups excluding carboxylic acids is 1. The Labute approximate surface area is 189 Å². The average Bonchev–Trinajstić information content (AvgIpc) is 3.48. The fraction of sp³-hybridized carbons (Fsp3) is 0.391. The highest BCUT2D eigenvalue weighted by Crippen LogP contribution is 2.47. The van der Waals surface area contributed by atoms with Crippen molar-refractivity contribution in [3.05, 3.63) is 47.4 Å². The van der Waals surface area contributed by atoms with Crippen molar-refractivity contribution in [3.63, 3.8) is 0 Å². The third-order valence-electron chi connectivity index (χ3n) is 6.42. The first-order valence-corrected chi connectivity index (χ1v) is 11.0. The van der Waals surface area contributed by atoms with Crippen LogP contribution in [0.3, 0.4) is 0 Å². The number of carbonyl (C=O) groups is 1. The number of halogens is 2. The number of nitrogens with one attached hydrogen (secondary N) is 1. The third-order valence-corrected chi connectivity index (χ3v) is 6.72. The lowest BCUT2D eigenvalue weighted by Crippen LogP contribution is -2.41. The van der Waals surface area contributed by atoms with Gasteiger partial charge < -0.3 is 10.2 Å². The molecule has 1 aromatic carbocycles. The number of amides is 1. The first kappa shape index (κ1) is 20.7. The van der Waals surface area contributed by atoms with Gasteiger partial charge in [-0.05, 0) is 41.5 Å². The van der Waals surface area contributed by atoms with Gasteiger partial charge in [-0.25, -0.2) is 9.37 Å². The van der Waals surface area contributed by atoms with Crippen LogP contribution in [0.25, 0.3) is 10.8 Å². The van der Waals surface area contributed by atoms with Gasteiger partial charge in [0, 0.05) is 56.7 Å². The molecule has 1 aliphatic heterocycles. The summed E-state index contributed by atoms with van der Waals surface area (Å²) >= 11 is 6.49. The molecule has 0 radical (unpaired) electrons. The van der Waals surface area contributed by atoms with Crippen molar-refractivity contribution in [3.8, 4) is 6.07 Å². The number of rotatable bonds is 4. The summed E-state index contributed by atoms with van der Waals surface area (Å²) in [5.74, 6) is 0.557. The molecule has 2 aromatic heterocycles. The first-order valence-electron chi connectivity index (χ1n) is 10.6. The fourth-order valence-electron chi connectivity index (χ4n) is 4.38. The van der Waals surface area contributed by atoms with Crippen molar-refractivity contribution in [1.29, 1.82) is 5.26 Å². The molecular weight excluding hydrogens is 431 g/mol. The maximum atomic E-state index is 14.3. The van der Waals surface area contributed by atoms with Crippen molar-refractivity contribution < 1.29 is 9.18 Å². The van der Waals surface area contributed by atoms with Crippen molar-refractivity contribution in [2.24, 2.45) is 13.0 Å². The molecular formula is C23H22ClFN6O. The SMILES string of the molecule is Cn1cc(C2CC2C(=O)Nc2cc3cc(N4CCC(F)(C#N)CC4)c(Cl)cc3cn2)cn1. The molecule has 5 rings (SSSR count). The van der Waals surface area contributed by atoms with Gasteiger partial charge in [0.2, 0.25) is 5.91 Å². The van der Waals surface area contributed by atoms with E-state index in [1.807, 2.05) is 42.5 Å². The highest BCUT2D eigenvalue weighted by molar-refractivity contribution is 6.34. The van der Waals surface area contributed by atoms with Crippen LogP contribution >= 0.6 is 11.6 Å². The highest BCUT2D eigenvalue weighted by atomic mass is 35.5. The van der Waals surface area contributed by atoms with Crippen molar-refractivity contribution >= 4 is 39.8 Å². The summed E-state index contributed by atoms with van der Waals surface area (Å²) in [5, 5.41) is 18.4. The molecule has 7 nitrogen and oxygen atoms in total. The van der Waals surface area contributed by atoms with Gasteiger partial charge in [0.1, 0.15) is 11.9 Å². The lowest BCUT2D eigenvalue weighted by atomic mass is 9.94. The molecule has 1 saturated heterocycles. The second-order valence-corrected chi connectivity index (χ2v) is 9.08. The Kier molecular flexibility index (Phi) is 5.01. The Morgan fingerprint density at radius 3 is 2.75 bits per heavy atom. The van der Waals surface area contributed by atoms with Crippen LogP contribution in [-0.2, 0) is 11.8 Å². The summed E-state index contributed by atoms with van der Waals surface area (Å²) < 4.78 is 16.0. The van der Waals surface area contributed by atoms with Gasteiger partial charge in [-0.15, -0.1) is 0 Å². The number of benzene rings is 1. The summed E-state index contributed by atoms with van der Waals surface area (Å²) in [4.78, 5) is 19.1. The molecule has 0 spiro atoms. The monoisotopic (exact) mass is 452 g/mol. The smallest absolute Gasteiger partial charge is 0.229 e. The molecule has 1 N–H and O–H groups in total. The Hall–Kier alpha value is -3.18. The predicted octanol–water partition coefficient (Wildman–Crippen LogP) is 4.20.